The number of benzene rings is 4. The van der Waals surface area contributed by atoms with Gasteiger partial charge in [0.25, 0.3) is 0 Å². The molecule has 208 valence electrons. The summed E-state index contributed by atoms with van der Waals surface area (Å²) in [4.78, 5) is 16.5. The molecule has 1 aliphatic rings. The molecular weight excluding hydrogens is 579 g/mol. The second-order valence-corrected chi connectivity index (χ2v) is 11.7. The fourth-order valence-electron chi connectivity index (χ4n) is 5.68. The Morgan fingerprint density at radius 2 is 1.56 bits per heavy atom. The van der Waals surface area contributed by atoms with Gasteiger partial charge in [-0.3, -0.25) is 0 Å². The molecule has 8 heteroatoms. The Kier molecular flexibility index (Phi) is 7.94. The molecule has 0 spiro atoms. The molecule has 1 aromatic heterocycles. The van der Waals surface area contributed by atoms with Crippen LogP contribution in [0.5, 0.6) is 5.75 Å². The zero-order chi connectivity index (χ0) is 28.5. The molecular formula is C33H27Cl3N2O3. The number of imidazole rings is 1. The van der Waals surface area contributed by atoms with E-state index >= 15 is 0 Å². The highest BCUT2D eigenvalue weighted by atomic mass is 35.5. The summed E-state index contributed by atoms with van der Waals surface area (Å²) in [6.07, 6.45) is 5.76. The number of carbonyl (C=O) groups is 1. The molecule has 0 atom stereocenters. The predicted octanol–water partition coefficient (Wildman–Crippen LogP) is 10.1. The molecule has 0 amide bonds. The number of ether oxygens (including phenoxy) is 1. The van der Waals surface area contributed by atoms with Crippen LogP contribution in [0.25, 0.3) is 33.5 Å². The van der Waals surface area contributed by atoms with Gasteiger partial charge in [-0.05, 0) is 102 Å². The minimum atomic E-state index is -0.955. The SMILES string of the molecule is O=C(O)c1ccc2c(c1)nc(-c1ccc(OCc3cc(Cl)ccc3-c3cc(Cl)cc(Cl)c3)cc1)n2C1CCCCC1. The van der Waals surface area contributed by atoms with Crippen LogP contribution in [0.1, 0.15) is 54.1 Å². The zero-order valence-electron chi connectivity index (χ0n) is 22.1. The topological polar surface area (TPSA) is 64.3 Å². The Hall–Kier alpha value is -3.51. The van der Waals surface area contributed by atoms with Crippen molar-refractivity contribution in [2.24, 2.45) is 0 Å². The summed E-state index contributed by atoms with van der Waals surface area (Å²) in [6.45, 7) is 0.303. The van der Waals surface area contributed by atoms with E-state index in [4.69, 9.17) is 44.5 Å². The van der Waals surface area contributed by atoms with E-state index in [9.17, 15) is 9.90 Å². The highest BCUT2D eigenvalue weighted by Gasteiger charge is 2.23. The van der Waals surface area contributed by atoms with E-state index in [2.05, 4.69) is 4.57 Å². The van der Waals surface area contributed by atoms with Gasteiger partial charge in [-0.1, -0.05) is 60.1 Å². The summed E-state index contributed by atoms with van der Waals surface area (Å²) in [7, 11) is 0. The van der Waals surface area contributed by atoms with Crippen LogP contribution in [0.2, 0.25) is 15.1 Å². The number of nitrogens with zero attached hydrogens (tertiary/aromatic N) is 2. The van der Waals surface area contributed by atoms with Gasteiger partial charge in [0, 0.05) is 26.7 Å². The molecule has 1 heterocycles. The van der Waals surface area contributed by atoms with E-state index in [1.54, 1.807) is 18.2 Å². The first kappa shape index (κ1) is 27.6. The smallest absolute Gasteiger partial charge is 0.335 e. The molecule has 4 aromatic carbocycles. The Balaban J connectivity index is 1.29. The molecule has 0 radical (unpaired) electrons. The number of halogens is 3. The Morgan fingerprint density at radius 3 is 2.27 bits per heavy atom. The summed E-state index contributed by atoms with van der Waals surface area (Å²) < 4.78 is 8.49. The Bertz CT molecular complexity index is 1720. The molecule has 5 aromatic rings. The minimum absolute atomic E-state index is 0.238. The van der Waals surface area contributed by atoms with Crippen LogP contribution in [0, 0.1) is 0 Å². The van der Waals surface area contributed by atoms with Crippen molar-refractivity contribution in [1.82, 2.24) is 9.55 Å². The van der Waals surface area contributed by atoms with Crippen molar-refractivity contribution >= 4 is 51.8 Å². The lowest BCUT2D eigenvalue weighted by Gasteiger charge is -2.25. The van der Waals surface area contributed by atoms with Crippen LogP contribution in [0.4, 0.5) is 0 Å². The number of fused-ring (bicyclic) bond motifs is 1. The van der Waals surface area contributed by atoms with Gasteiger partial charge in [-0.2, -0.15) is 0 Å². The van der Waals surface area contributed by atoms with Crippen molar-refractivity contribution in [1.29, 1.82) is 0 Å². The summed E-state index contributed by atoms with van der Waals surface area (Å²) in [5.41, 5.74) is 5.59. The van der Waals surface area contributed by atoms with Gasteiger partial charge in [0.1, 0.15) is 18.2 Å². The fourth-order valence-corrected chi connectivity index (χ4v) is 6.40. The van der Waals surface area contributed by atoms with Gasteiger partial charge < -0.3 is 14.4 Å². The zero-order valence-corrected chi connectivity index (χ0v) is 24.4. The van der Waals surface area contributed by atoms with Crippen molar-refractivity contribution in [3.63, 3.8) is 0 Å². The third kappa shape index (κ3) is 5.94. The fraction of sp³-hybridized carbons (Fsp3) is 0.212. The van der Waals surface area contributed by atoms with Gasteiger partial charge in [-0.25, -0.2) is 9.78 Å². The van der Waals surface area contributed by atoms with Crippen LogP contribution in [0.15, 0.2) is 78.9 Å². The van der Waals surface area contributed by atoms with Crippen LogP contribution < -0.4 is 4.74 Å². The largest absolute Gasteiger partial charge is 0.489 e. The summed E-state index contributed by atoms with van der Waals surface area (Å²) in [6, 6.07) is 24.5. The van der Waals surface area contributed by atoms with Crippen LogP contribution in [-0.4, -0.2) is 20.6 Å². The first-order valence-electron chi connectivity index (χ1n) is 13.6. The quantitative estimate of drug-likeness (QED) is 0.200. The second kappa shape index (κ2) is 11.8. The molecule has 0 saturated heterocycles. The number of aromatic nitrogens is 2. The van der Waals surface area contributed by atoms with Gasteiger partial charge in [0.05, 0.1) is 16.6 Å². The van der Waals surface area contributed by atoms with E-state index in [1.165, 1.54) is 19.3 Å². The van der Waals surface area contributed by atoms with E-state index in [1.807, 2.05) is 60.7 Å². The molecule has 1 saturated carbocycles. The maximum Gasteiger partial charge on any atom is 0.335 e. The maximum atomic E-state index is 11.6. The van der Waals surface area contributed by atoms with Crippen LogP contribution >= 0.6 is 34.8 Å². The lowest BCUT2D eigenvalue weighted by atomic mass is 9.95. The number of hydrogen-bond acceptors (Lipinski definition) is 3. The number of rotatable bonds is 7. The highest BCUT2D eigenvalue weighted by molar-refractivity contribution is 6.35. The van der Waals surface area contributed by atoms with Crippen molar-refractivity contribution < 1.29 is 14.6 Å². The van der Waals surface area contributed by atoms with E-state index < -0.39 is 5.97 Å². The molecule has 0 unspecified atom stereocenters. The standard InChI is InChI=1S/C33H27Cl3N2O3/c34-24-9-12-29(22-14-25(35)18-26(36)15-22)23(16-24)19-41-28-10-6-20(7-11-28)32-37-30-17-21(33(39)40)8-13-31(30)38(32)27-4-2-1-3-5-27/h6-18,27H,1-5,19H2,(H,39,40). The molecule has 1 aliphatic carbocycles. The Morgan fingerprint density at radius 1 is 0.829 bits per heavy atom. The van der Waals surface area contributed by atoms with Gasteiger partial charge in [0.2, 0.25) is 0 Å². The van der Waals surface area contributed by atoms with Crippen molar-refractivity contribution in [3.05, 3.63) is 105 Å². The van der Waals surface area contributed by atoms with Gasteiger partial charge in [0.15, 0.2) is 0 Å². The molecule has 41 heavy (non-hydrogen) atoms. The summed E-state index contributed by atoms with van der Waals surface area (Å²) in [5.74, 6) is 0.594. The molecule has 0 aliphatic heterocycles. The monoisotopic (exact) mass is 604 g/mol. The van der Waals surface area contributed by atoms with Gasteiger partial charge >= 0.3 is 5.97 Å². The first-order valence-corrected chi connectivity index (χ1v) is 14.7. The molecule has 6 rings (SSSR count). The normalized spacial score (nSPS) is 13.9. The predicted molar refractivity (Wildman–Crippen MR) is 165 cm³/mol. The number of aromatic carboxylic acids is 1. The highest BCUT2D eigenvalue weighted by Crippen LogP contribution is 2.37. The molecule has 1 N–H and O–H groups in total. The minimum Gasteiger partial charge on any atom is -0.489 e. The van der Waals surface area contributed by atoms with Crippen molar-refractivity contribution in [2.45, 2.75) is 44.8 Å². The number of carboxylic acids is 1. The van der Waals surface area contributed by atoms with E-state index in [0.29, 0.717) is 39.0 Å². The lowest BCUT2D eigenvalue weighted by molar-refractivity contribution is 0.0697. The summed E-state index contributed by atoms with van der Waals surface area (Å²) >= 11 is 18.8. The second-order valence-electron chi connectivity index (χ2n) is 10.4. The van der Waals surface area contributed by atoms with Crippen molar-refractivity contribution in [2.75, 3.05) is 0 Å². The first-order chi connectivity index (χ1) is 19.9. The molecule has 5 nitrogen and oxygen atoms in total. The number of hydrogen-bond donors (Lipinski definition) is 1. The maximum absolute atomic E-state index is 11.6. The Labute approximate surface area is 253 Å². The van der Waals surface area contributed by atoms with E-state index in [-0.39, 0.29) is 5.56 Å². The lowest BCUT2D eigenvalue weighted by Crippen LogP contribution is -2.14. The van der Waals surface area contributed by atoms with Gasteiger partial charge in [-0.15, -0.1) is 0 Å². The third-order valence-electron chi connectivity index (χ3n) is 7.62. The molecule has 0 bridgehead atoms. The third-order valence-corrected chi connectivity index (χ3v) is 8.30. The van der Waals surface area contributed by atoms with Crippen molar-refractivity contribution in [3.8, 4) is 28.3 Å². The molecule has 1 fully saturated rings. The van der Waals surface area contributed by atoms with Crippen LogP contribution in [0.3, 0.4) is 0 Å². The number of carboxylic acid groups (broad SMARTS) is 1. The van der Waals surface area contributed by atoms with Crippen LogP contribution in [-0.2, 0) is 6.61 Å². The van der Waals surface area contributed by atoms with E-state index in [0.717, 1.165) is 46.4 Å². The summed E-state index contributed by atoms with van der Waals surface area (Å²) in [5, 5.41) is 11.2. The average Bonchev–Trinajstić information content (AvgIpc) is 3.35. The average molecular weight is 606 g/mol.